The molecule has 0 aliphatic carbocycles. The molecule has 30 heavy (non-hydrogen) atoms. The molecular weight excluding hydrogens is 388 g/mol. The number of hydrogen-bond donors (Lipinski definition) is 0. The first-order valence-corrected chi connectivity index (χ1v) is 9.26. The molecule has 1 heterocycles. The Balaban J connectivity index is 1.61. The molecule has 3 rings (SSSR count). The van der Waals surface area contributed by atoms with Gasteiger partial charge in [-0.15, -0.1) is 0 Å². The van der Waals surface area contributed by atoms with Crippen molar-refractivity contribution in [2.75, 3.05) is 20.8 Å². The van der Waals surface area contributed by atoms with Crippen LogP contribution in [0.5, 0.6) is 17.2 Å². The molecule has 1 aromatic heterocycles. The minimum Gasteiger partial charge on any atom is -0.493 e. The Morgan fingerprint density at radius 1 is 1.07 bits per heavy atom. The summed E-state index contributed by atoms with van der Waals surface area (Å²) in [5.41, 5.74) is 1.46. The Kier molecular flexibility index (Phi) is 7.05. The van der Waals surface area contributed by atoms with Crippen molar-refractivity contribution < 1.29 is 28.3 Å². The second kappa shape index (κ2) is 10.1. The first kappa shape index (κ1) is 20.9. The highest BCUT2D eigenvalue weighted by Crippen LogP contribution is 2.31. The zero-order valence-corrected chi connectivity index (χ0v) is 17.0. The molecule has 3 aromatic rings. The van der Waals surface area contributed by atoms with Crippen molar-refractivity contribution in [1.82, 2.24) is 10.1 Å². The zero-order chi connectivity index (χ0) is 21.3. The number of hydrogen-bond acceptors (Lipinski definition) is 8. The topological polar surface area (TPSA) is 92.9 Å². The van der Waals surface area contributed by atoms with Crippen LogP contribution in [0.4, 0.5) is 0 Å². The number of carbonyl (C=O) groups excluding carboxylic acids is 1. The summed E-state index contributed by atoms with van der Waals surface area (Å²) < 4.78 is 26.3. The first-order valence-electron chi connectivity index (χ1n) is 9.26. The number of rotatable bonds is 9. The fourth-order valence-corrected chi connectivity index (χ4v) is 2.65. The Morgan fingerprint density at radius 3 is 2.63 bits per heavy atom. The van der Waals surface area contributed by atoms with Gasteiger partial charge >= 0.3 is 5.97 Å². The summed E-state index contributed by atoms with van der Waals surface area (Å²) in [4.78, 5) is 16.3. The lowest BCUT2D eigenvalue weighted by Gasteiger charge is -2.07. The lowest BCUT2D eigenvalue weighted by atomic mass is 10.2. The maximum atomic E-state index is 12.0. The molecule has 0 bridgehead atoms. The third kappa shape index (κ3) is 5.16. The van der Waals surface area contributed by atoms with E-state index < -0.39 is 5.97 Å². The minimum absolute atomic E-state index is 0.142. The van der Waals surface area contributed by atoms with Crippen molar-refractivity contribution in [3.63, 3.8) is 0 Å². The monoisotopic (exact) mass is 410 g/mol. The van der Waals surface area contributed by atoms with E-state index in [4.69, 9.17) is 23.5 Å². The number of carbonyl (C=O) groups is 1. The molecule has 0 saturated carbocycles. The van der Waals surface area contributed by atoms with Crippen molar-refractivity contribution in [3.8, 4) is 28.6 Å². The van der Waals surface area contributed by atoms with Crippen LogP contribution in [-0.4, -0.2) is 36.9 Å². The van der Waals surface area contributed by atoms with E-state index in [9.17, 15) is 4.79 Å². The third-order valence-corrected chi connectivity index (χ3v) is 4.07. The van der Waals surface area contributed by atoms with E-state index in [1.807, 2.05) is 31.2 Å². The normalized spacial score (nSPS) is 10.8. The van der Waals surface area contributed by atoms with Crippen molar-refractivity contribution in [2.45, 2.75) is 13.5 Å². The summed E-state index contributed by atoms with van der Waals surface area (Å²) in [6, 6.07) is 12.7. The zero-order valence-electron chi connectivity index (χ0n) is 17.0. The van der Waals surface area contributed by atoms with Crippen LogP contribution in [-0.2, 0) is 16.1 Å². The van der Waals surface area contributed by atoms with E-state index in [0.717, 1.165) is 5.56 Å². The van der Waals surface area contributed by atoms with Gasteiger partial charge in [0.1, 0.15) is 5.75 Å². The number of esters is 1. The fourth-order valence-electron chi connectivity index (χ4n) is 2.65. The molecule has 0 spiro atoms. The Bertz CT molecular complexity index is 1030. The third-order valence-electron chi connectivity index (χ3n) is 4.07. The Labute approximate surface area is 174 Å². The van der Waals surface area contributed by atoms with Crippen LogP contribution in [0.1, 0.15) is 18.4 Å². The largest absolute Gasteiger partial charge is 0.493 e. The molecule has 0 radical (unpaired) electrons. The van der Waals surface area contributed by atoms with E-state index in [2.05, 4.69) is 10.1 Å². The molecule has 0 atom stereocenters. The number of para-hydroxylation sites is 1. The van der Waals surface area contributed by atoms with Crippen LogP contribution in [0.15, 0.2) is 53.1 Å². The molecule has 0 amide bonds. The van der Waals surface area contributed by atoms with Gasteiger partial charge in [-0.25, -0.2) is 4.79 Å². The van der Waals surface area contributed by atoms with Gasteiger partial charge in [0.2, 0.25) is 5.82 Å². The van der Waals surface area contributed by atoms with Gasteiger partial charge in [-0.3, -0.25) is 0 Å². The average molecular weight is 410 g/mol. The maximum absolute atomic E-state index is 12.0. The minimum atomic E-state index is -0.535. The highest BCUT2D eigenvalue weighted by molar-refractivity contribution is 5.87. The summed E-state index contributed by atoms with van der Waals surface area (Å²) in [5, 5.41) is 3.91. The van der Waals surface area contributed by atoms with Crippen LogP contribution in [0.25, 0.3) is 17.5 Å². The van der Waals surface area contributed by atoms with Crippen LogP contribution in [0.3, 0.4) is 0 Å². The van der Waals surface area contributed by atoms with Crippen LogP contribution in [0.2, 0.25) is 0 Å². The van der Waals surface area contributed by atoms with E-state index in [1.54, 1.807) is 38.5 Å². The van der Waals surface area contributed by atoms with Crippen LogP contribution < -0.4 is 14.2 Å². The van der Waals surface area contributed by atoms with Gasteiger partial charge in [-0.05, 0) is 37.3 Å². The van der Waals surface area contributed by atoms with Gasteiger partial charge in [0.05, 0.1) is 20.8 Å². The molecule has 0 aliphatic heterocycles. The van der Waals surface area contributed by atoms with Crippen LogP contribution in [0, 0.1) is 0 Å². The average Bonchev–Trinajstić information content (AvgIpc) is 3.26. The Morgan fingerprint density at radius 2 is 1.87 bits per heavy atom. The summed E-state index contributed by atoms with van der Waals surface area (Å²) in [7, 11) is 3.10. The van der Waals surface area contributed by atoms with Gasteiger partial charge in [0, 0.05) is 17.2 Å². The molecule has 8 heteroatoms. The quantitative estimate of drug-likeness (QED) is 0.387. The SMILES string of the molecule is CCOc1ccccc1/C=C/C(=O)OCc1nc(-c2ccc(OC)c(OC)c2)no1. The van der Waals surface area contributed by atoms with Crippen molar-refractivity contribution in [3.05, 3.63) is 60.0 Å². The standard InChI is InChI=1S/C22H22N2O6/c1-4-28-17-8-6-5-7-15(17)10-12-21(25)29-14-20-23-22(24-30-20)16-9-11-18(26-2)19(13-16)27-3/h5-13H,4,14H2,1-3H3/b12-10+. The van der Waals surface area contributed by atoms with Gasteiger partial charge < -0.3 is 23.5 Å². The summed E-state index contributed by atoms with van der Waals surface area (Å²) in [6.45, 7) is 2.29. The maximum Gasteiger partial charge on any atom is 0.331 e. The lowest BCUT2D eigenvalue weighted by Crippen LogP contribution is -2.01. The molecule has 2 aromatic carbocycles. The molecule has 0 fully saturated rings. The number of benzene rings is 2. The Hall–Kier alpha value is -3.81. The summed E-state index contributed by atoms with van der Waals surface area (Å²) in [6.07, 6.45) is 2.96. The highest BCUT2D eigenvalue weighted by atomic mass is 16.6. The number of ether oxygens (including phenoxy) is 4. The molecule has 0 N–H and O–H groups in total. The molecule has 8 nitrogen and oxygen atoms in total. The number of nitrogens with zero attached hydrogens (tertiary/aromatic N) is 2. The first-order chi connectivity index (χ1) is 14.6. The summed E-state index contributed by atoms with van der Waals surface area (Å²) >= 11 is 0. The molecule has 0 saturated heterocycles. The molecular formula is C22H22N2O6. The predicted octanol–water partition coefficient (Wildman–Crippen LogP) is 3.91. The van der Waals surface area contributed by atoms with E-state index in [1.165, 1.54) is 6.08 Å². The highest BCUT2D eigenvalue weighted by Gasteiger charge is 2.13. The smallest absolute Gasteiger partial charge is 0.331 e. The van der Waals surface area contributed by atoms with Gasteiger partial charge in [0.15, 0.2) is 18.1 Å². The second-order valence-corrected chi connectivity index (χ2v) is 5.99. The number of aromatic nitrogens is 2. The van der Waals surface area contributed by atoms with E-state index in [0.29, 0.717) is 35.2 Å². The van der Waals surface area contributed by atoms with E-state index in [-0.39, 0.29) is 12.5 Å². The second-order valence-electron chi connectivity index (χ2n) is 5.99. The van der Waals surface area contributed by atoms with Crippen molar-refractivity contribution in [2.24, 2.45) is 0 Å². The molecule has 156 valence electrons. The van der Waals surface area contributed by atoms with Gasteiger partial charge in [0.25, 0.3) is 5.89 Å². The van der Waals surface area contributed by atoms with Crippen molar-refractivity contribution in [1.29, 1.82) is 0 Å². The predicted molar refractivity (Wildman–Crippen MR) is 109 cm³/mol. The molecule has 0 unspecified atom stereocenters. The van der Waals surface area contributed by atoms with E-state index >= 15 is 0 Å². The molecule has 0 aliphatic rings. The number of methoxy groups -OCH3 is 2. The van der Waals surface area contributed by atoms with Gasteiger partial charge in [-0.1, -0.05) is 23.4 Å². The fraction of sp³-hybridized carbons (Fsp3) is 0.227. The van der Waals surface area contributed by atoms with Gasteiger partial charge in [-0.2, -0.15) is 4.98 Å². The summed E-state index contributed by atoms with van der Waals surface area (Å²) in [5.74, 6) is 1.83. The van der Waals surface area contributed by atoms with Crippen molar-refractivity contribution >= 4 is 12.0 Å². The lowest BCUT2D eigenvalue weighted by molar-refractivity contribution is -0.139. The van der Waals surface area contributed by atoms with Crippen LogP contribution >= 0.6 is 0 Å².